The lowest BCUT2D eigenvalue weighted by molar-refractivity contribution is -0.143. The van der Waals surface area contributed by atoms with E-state index in [1.54, 1.807) is 0 Å². The van der Waals surface area contributed by atoms with Crippen LogP contribution in [0, 0.1) is 0 Å². The van der Waals surface area contributed by atoms with E-state index in [-0.39, 0.29) is 24.4 Å². The summed E-state index contributed by atoms with van der Waals surface area (Å²) in [6, 6.07) is 0. The number of carboxylic acid groups (broad SMARTS) is 1. The highest BCUT2D eigenvalue weighted by molar-refractivity contribution is 5.79. The van der Waals surface area contributed by atoms with Crippen LogP contribution in [0.3, 0.4) is 0 Å². The topological polar surface area (TPSA) is 60.9 Å². The first kappa shape index (κ1) is 11.0. The molecule has 0 spiro atoms. The molecule has 80 valence electrons. The minimum absolute atomic E-state index is 0.00116. The van der Waals surface area contributed by atoms with Crippen molar-refractivity contribution in [1.29, 1.82) is 0 Å². The summed E-state index contributed by atoms with van der Waals surface area (Å²) < 4.78 is 0. The number of rotatable bonds is 3. The van der Waals surface area contributed by atoms with Crippen molar-refractivity contribution in [3.05, 3.63) is 0 Å². The summed E-state index contributed by atoms with van der Waals surface area (Å²) in [6.07, 6.45) is 0.440. The van der Waals surface area contributed by atoms with E-state index in [0.717, 1.165) is 0 Å². The summed E-state index contributed by atoms with van der Waals surface area (Å²) in [6.45, 7) is 4.19. The summed E-state index contributed by atoms with van der Waals surface area (Å²) in [7, 11) is 1.81. The first-order valence-corrected chi connectivity index (χ1v) is 4.60. The molecule has 1 saturated heterocycles. The number of aliphatic carboxylic acids is 1. The summed E-state index contributed by atoms with van der Waals surface area (Å²) in [4.78, 5) is 21.9. The molecule has 1 fully saturated rings. The first-order chi connectivity index (χ1) is 6.34. The van der Waals surface area contributed by atoms with E-state index in [1.165, 1.54) is 5.01 Å². The zero-order valence-corrected chi connectivity index (χ0v) is 8.78. The van der Waals surface area contributed by atoms with Crippen molar-refractivity contribution in [2.45, 2.75) is 32.2 Å². The maximum atomic E-state index is 11.5. The Kier molecular flexibility index (Phi) is 2.80. The maximum absolute atomic E-state index is 11.5. The van der Waals surface area contributed by atoms with Gasteiger partial charge in [-0.15, -0.1) is 0 Å². The molecule has 1 rings (SSSR count). The summed E-state index contributed by atoms with van der Waals surface area (Å²) in [5, 5.41) is 11.8. The first-order valence-electron chi connectivity index (χ1n) is 4.60. The molecule has 1 amide bonds. The predicted octanol–water partition coefficient (Wildman–Crippen LogP) is 0.319. The van der Waals surface area contributed by atoms with Gasteiger partial charge in [-0.05, 0) is 13.8 Å². The Morgan fingerprint density at radius 1 is 1.57 bits per heavy atom. The van der Waals surface area contributed by atoms with Gasteiger partial charge in [0.1, 0.15) is 0 Å². The molecule has 1 heterocycles. The molecule has 0 aromatic carbocycles. The second-order valence-corrected chi connectivity index (χ2v) is 4.17. The standard InChI is InChI=1S/C9H16N2O3/c1-9(2)6-7(12)11(10(9)3)5-4-8(13)14/h4-6H2,1-3H3,(H,13,14). The van der Waals surface area contributed by atoms with Crippen LogP contribution in [0.2, 0.25) is 0 Å². The number of carboxylic acids is 1. The molecule has 1 N–H and O–H groups in total. The highest BCUT2D eigenvalue weighted by Gasteiger charge is 2.40. The van der Waals surface area contributed by atoms with Crippen molar-refractivity contribution in [1.82, 2.24) is 10.0 Å². The van der Waals surface area contributed by atoms with Gasteiger partial charge in [0.25, 0.3) is 0 Å². The van der Waals surface area contributed by atoms with Crippen LogP contribution < -0.4 is 0 Å². The van der Waals surface area contributed by atoms with Crippen LogP contribution >= 0.6 is 0 Å². The minimum atomic E-state index is -0.879. The van der Waals surface area contributed by atoms with E-state index in [2.05, 4.69) is 0 Å². The quantitative estimate of drug-likeness (QED) is 0.712. The van der Waals surface area contributed by atoms with Crippen LogP contribution in [0.4, 0.5) is 0 Å². The van der Waals surface area contributed by atoms with Gasteiger partial charge in [0, 0.05) is 25.6 Å². The second-order valence-electron chi connectivity index (χ2n) is 4.17. The fourth-order valence-corrected chi connectivity index (χ4v) is 1.55. The minimum Gasteiger partial charge on any atom is -0.481 e. The van der Waals surface area contributed by atoms with E-state index < -0.39 is 5.97 Å². The second kappa shape index (κ2) is 3.57. The lowest BCUT2D eigenvalue weighted by Crippen LogP contribution is -2.44. The third-order valence-electron chi connectivity index (χ3n) is 2.65. The van der Waals surface area contributed by atoms with Crippen molar-refractivity contribution in [2.24, 2.45) is 0 Å². The largest absolute Gasteiger partial charge is 0.481 e. The maximum Gasteiger partial charge on any atom is 0.305 e. The summed E-state index contributed by atoms with van der Waals surface area (Å²) in [5.41, 5.74) is -0.199. The number of hydrazine groups is 1. The zero-order valence-electron chi connectivity index (χ0n) is 8.78. The summed E-state index contributed by atoms with van der Waals surface area (Å²) >= 11 is 0. The van der Waals surface area contributed by atoms with Crippen LogP contribution in [0.25, 0.3) is 0 Å². The Morgan fingerprint density at radius 2 is 2.14 bits per heavy atom. The molecule has 0 aromatic rings. The highest BCUT2D eigenvalue weighted by atomic mass is 16.4. The molecule has 5 heteroatoms. The van der Waals surface area contributed by atoms with Gasteiger partial charge in [-0.2, -0.15) is 0 Å². The Hall–Kier alpha value is -1.10. The Labute approximate surface area is 83.3 Å². The van der Waals surface area contributed by atoms with Gasteiger partial charge in [-0.25, -0.2) is 5.01 Å². The molecular formula is C9H16N2O3. The van der Waals surface area contributed by atoms with Crippen molar-refractivity contribution < 1.29 is 14.7 Å². The van der Waals surface area contributed by atoms with Crippen molar-refractivity contribution in [2.75, 3.05) is 13.6 Å². The van der Waals surface area contributed by atoms with Gasteiger partial charge in [-0.3, -0.25) is 14.6 Å². The van der Waals surface area contributed by atoms with E-state index in [9.17, 15) is 9.59 Å². The number of carbonyl (C=O) groups excluding carboxylic acids is 1. The molecule has 0 aliphatic carbocycles. The van der Waals surface area contributed by atoms with Gasteiger partial charge in [0.15, 0.2) is 0 Å². The summed E-state index contributed by atoms with van der Waals surface area (Å²) in [5.74, 6) is -0.880. The fourth-order valence-electron chi connectivity index (χ4n) is 1.55. The molecule has 1 aliphatic rings. The van der Waals surface area contributed by atoms with Crippen molar-refractivity contribution in [3.8, 4) is 0 Å². The molecule has 5 nitrogen and oxygen atoms in total. The van der Waals surface area contributed by atoms with E-state index in [4.69, 9.17) is 5.11 Å². The van der Waals surface area contributed by atoms with Crippen LogP contribution in [0.5, 0.6) is 0 Å². The molecule has 14 heavy (non-hydrogen) atoms. The zero-order chi connectivity index (χ0) is 10.9. The van der Waals surface area contributed by atoms with Crippen LogP contribution in [0.15, 0.2) is 0 Å². The lowest BCUT2D eigenvalue weighted by Gasteiger charge is -2.32. The Balaban J connectivity index is 2.61. The average Bonchev–Trinajstić information content (AvgIpc) is 2.19. The smallest absolute Gasteiger partial charge is 0.305 e. The van der Waals surface area contributed by atoms with Gasteiger partial charge in [-0.1, -0.05) is 0 Å². The SMILES string of the molecule is CN1N(CCC(=O)O)C(=O)CC1(C)C. The monoisotopic (exact) mass is 200 g/mol. The van der Waals surface area contributed by atoms with Crippen LogP contribution in [0.1, 0.15) is 26.7 Å². The molecule has 0 aromatic heterocycles. The molecule has 0 saturated carbocycles. The molecule has 0 atom stereocenters. The molecule has 1 aliphatic heterocycles. The predicted molar refractivity (Wildman–Crippen MR) is 50.4 cm³/mol. The highest BCUT2D eigenvalue weighted by Crippen LogP contribution is 2.27. The van der Waals surface area contributed by atoms with E-state index in [1.807, 2.05) is 25.9 Å². The third-order valence-corrected chi connectivity index (χ3v) is 2.65. The molecular weight excluding hydrogens is 184 g/mol. The van der Waals surface area contributed by atoms with Crippen molar-refractivity contribution >= 4 is 11.9 Å². The van der Waals surface area contributed by atoms with E-state index >= 15 is 0 Å². The molecule has 0 bridgehead atoms. The Morgan fingerprint density at radius 3 is 2.50 bits per heavy atom. The normalized spacial score (nSPS) is 21.6. The third kappa shape index (κ3) is 2.04. The fraction of sp³-hybridized carbons (Fsp3) is 0.778. The van der Waals surface area contributed by atoms with Gasteiger partial charge >= 0.3 is 5.97 Å². The number of hydrogen-bond donors (Lipinski definition) is 1. The number of nitrogens with zero attached hydrogens (tertiary/aromatic N) is 2. The Bertz CT molecular complexity index is 263. The van der Waals surface area contributed by atoms with Gasteiger partial charge in [0.2, 0.25) is 5.91 Å². The number of amides is 1. The van der Waals surface area contributed by atoms with Crippen LogP contribution in [-0.4, -0.2) is 46.1 Å². The molecule has 0 unspecified atom stereocenters. The van der Waals surface area contributed by atoms with Crippen LogP contribution in [-0.2, 0) is 9.59 Å². The van der Waals surface area contributed by atoms with E-state index in [0.29, 0.717) is 6.42 Å². The number of carbonyl (C=O) groups is 2. The number of hydrogen-bond acceptors (Lipinski definition) is 3. The van der Waals surface area contributed by atoms with Gasteiger partial charge in [0.05, 0.1) is 6.42 Å². The van der Waals surface area contributed by atoms with Crippen molar-refractivity contribution in [3.63, 3.8) is 0 Å². The molecule has 0 radical (unpaired) electrons. The van der Waals surface area contributed by atoms with Gasteiger partial charge < -0.3 is 5.11 Å². The lowest BCUT2D eigenvalue weighted by atomic mass is 10.0. The average molecular weight is 200 g/mol.